The summed E-state index contributed by atoms with van der Waals surface area (Å²) < 4.78 is 7.52. The van der Waals surface area contributed by atoms with E-state index < -0.39 is 0 Å². The quantitative estimate of drug-likeness (QED) is 0.429. The molecule has 0 radical (unpaired) electrons. The maximum Gasteiger partial charge on any atom is 0.193 e. The van der Waals surface area contributed by atoms with Gasteiger partial charge in [-0.1, -0.05) is 18.2 Å². The largest absolute Gasteiger partial charge is 0.381 e. The van der Waals surface area contributed by atoms with Gasteiger partial charge < -0.3 is 15.0 Å². The molecule has 1 N–H and O–H groups in total. The summed E-state index contributed by atoms with van der Waals surface area (Å²) in [4.78, 5) is 6.83. The number of halogens is 1. The van der Waals surface area contributed by atoms with Gasteiger partial charge in [-0.15, -0.1) is 24.0 Å². The number of benzene rings is 1. The van der Waals surface area contributed by atoms with Gasteiger partial charge in [0.05, 0.1) is 18.5 Å². The first-order valence-corrected chi connectivity index (χ1v) is 8.90. The summed E-state index contributed by atoms with van der Waals surface area (Å²) in [5.41, 5.74) is 2.56. The topological polar surface area (TPSA) is 54.7 Å². The highest BCUT2D eigenvalue weighted by Gasteiger charge is 2.42. The number of hydrogen-bond donors (Lipinski definition) is 1. The molecule has 1 atom stereocenters. The van der Waals surface area contributed by atoms with E-state index in [1.165, 1.54) is 12.8 Å². The zero-order chi connectivity index (χ0) is 17.1. The average molecular weight is 467 g/mol. The molecule has 1 spiro atoms. The molecule has 1 aromatic carbocycles. The smallest absolute Gasteiger partial charge is 0.193 e. The second kappa shape index (κ2) is 8.39. The Kier molecular flexibility index (Phi) is 6.18. The van der Waals surface area contributed by atoms with Gasteiger partial charge in [0.25, 0.3) is 0 Å². The van der Waals surface area contributed by atoms with Gasteiger partial charge in [-0.2, -0.15) is 5.10 Å². The lowest BCUT2D eigenvalue weighted by Crippen LogP contribution is -2.41. The van der Waals surface area contributed by atoms with Gasteiger partial charge in [-0.3, -0.25) is 4.99 Å². The lowest BCUT2D eigenvalue weighted by molar-refractivity contribution is 0.156. The van der Waals surface area contributed by atoms with Crippen LogP contribution in [0.1, 0.15) is 18.4 Å². The standard InChI is InChI=1S/C19H25N5O.HI/c1-20-18(23-9-7-19(14-23)8-10-25-15-19)21-11-16-12-22-24(13-16)17-5-3-2-4-6-17;/h2-6,12-13H,7-11,14-15H2,1H3,(H,20,21);1H. The SMILES string of the molecule is CN=C(NCc1cnn(-c2ccccc2)c1)N1CCC2(CCOC2)C1.I. The van der Waals surface area contributed by atoms with Gasteiger partial charge in [0.2, 0.25) is 0 Å². The van der Waals surface area contributed by atoms with Crippen LogP contribution in [0.15, 0.2) is 47.7 Å². The molecule has 2 fully saturated rings. The monoisotopic (exact) mass is 467 g/mol. The van der Waals surface area contributed by atoms with Crippen molar-refractivity contribution < 1.29 is 4.74 Å². The first-order chi connectivity index (χ1) is 12.3. The third kappa shape index (κ3) is 4.03. The molecule has 2 aliphatic heterocycles. The summed E-state index contributed by atoms with van der Waals surface area (Å²) in [6.07, 6.45) is 6.33. The van der Waals surface area contributed by atoms with E-state index in [9.17, 15) is 0 Å². The highest BCUT2D eigenvalue weighted by Crippen LogP contribution is 2.38. The molecule has 1 aromatic heterocycles. The van der Waals surface area contributed by atoms with Crippen molar-refractivity contribution in [2.24, 2.45) is 10.4 Å². The van der Waals surface area contributed by atoms with Crippen LogP contribution < -0.4 is 5.32 Å². The molecule has 140 valence electrons. The van der Waals surface area contributed by atoms with Crippen LogP contribution >= 0.6 is 24.0 Å². The van der Waals surface area contributed by atoms with E-state index in [1.807, 2.05) is 36.1 Å². The van der Waals surface area contributed by atoms with E-state index in [0.29, 0.717) is 5.41 Å². The van der Waals surface area contributed by atoms with Crippen LogP contribution in [0.25, 0.3) is 5.69 Å². The van der Waals surface area contributed by atoms with Crippen LogP contribution in [-0.4, -0.2) is 54.0 Å². The Morgan fingerprint density at radius 1 is 1.31 bits per heavy atom. The summed E-state index contributed by atoms with van der Waals surface area (Å²) in [6, 6.07) is 10.2. The highest BCUT2D eigenvalue weighted by molar-refractivity contribution is 14.0. The van der Waals surface area contributed by atoms with E-state index in [1.54, 1.807) is 0 Å². The molecule has 0 bridgehead atoms. The van der Waals surface area contributed by atoms with Crippen molar-refractivity contribution >= 4 is 29.9 Å². The van der Waals surface area contributed by atoms with E-state index in [4.69, 9.17) is 4.74 Å². The summed E-state index contributed by atoms with van der Waals surface area (Å²) in [5.74, 6) is 0.969. The Bertz CT molecular complexity index is 739. The number of likely N-dealkylation sites (tertiary alicyclic amines) is 1. The van der Waals surface area contributed by atoms with Gasteiger partial charge in [0.1, 0.15) is 0 Å². The van der Waals surface area contributed by atoms with Crippen LogP contribution in [0.4, 0.5) is 0 Å². The Hall–Kier alpha value is -1.61. The van der Waals surface area contributed by atoms with E-state index >= 15 is 0 Å². The van der Waals surface area contributed by atoms with Crippen molar-refractivity contribution in [3.05, 3.63) is 48.3 Å². The van der Waals surface area contributed by atoms with Crippen LogP contribution in [0.2, 0.25) is 0 Å². The molecule has 1 unspecified atom stereocenters. The lowest BCUT2D eigenvalue weighted by atomic mass is 9.87. The fraction of sp³-hybridized carbons (Fsp3) is 0.474. The Balaban J connectivity index is 0.00000196. The summed E-state index contributed by atoms with van der Waals surface area (Å²) >= 11 is 0. The van der Waals surface area contributed by atoms with Gasteiger partial charge in [0.15, 0.2) is 5.96 Å². The molecule has 0 saturated carbocycles. The number of rotatable bonds is 3. The molecular weight excluding hydrogens is 441 g/mol. The van der Waals surface area contributed by atoms with E-state index in [-0.39, 0.29) is 24.0 Å². The maximum atomic E-state index is 5.62. The molecular formula is C19H26IN5O. The van der Waals surface area contributed by atoms with Crippen molar-refractivity contribution in [2.75, 3.05) is 33.4 Å². The van der Waals surface area contributed by atoms with Crippen LogP contribution in [0, 0.1) is 5.41 Å². The average Bonchev–Trinajstić information content (AvgIpc) is 3.39. The fourth-order valence-corrected chi connectivity index (χ4v) is 3.77. The normalized spacial score (nSPS) is 22.7. The zero-order valence-corrected chi connectivity index (χ0v) is 17.4. The number of guanidine groups is 1. The summed E-state index contributed by atoms with van der Waals surface area (Å²) in [7, 11) is 1.85. The molecule has 4 rings (SSSR count). The van der Waals surface area contributed by atoms with E-state index in [2.05, 4.69) is 38.6 Å². The Morgan fingerprint density at radius 2 is 2.15 bits per heavy atom. The van der Waals surface area contributed by atoms with Gasteiger partial charge in [0, 0.05) is 50.5 Å². The van der Waals surface area contributed by atoms with Crippen molar-refractivity contribution in [3.63, 3.8) is 0 Å². The highest BCUT2D eigenvalue weighted by atomic mass is 127. The minimum Gasteiger partial charge on any atom is -0.381 e. The summed E-state index contributed by atoms with van der Waals surface area (Å²) in [6.45, 7) is 4.60. The second-order valence-electron chi connectivity index (χ2n) is 7.00. The third-order valence-corrected chi connectivity index (χ3v) is 5.24. The molecule has 26 heavy (non-hydrogen) atoms. The number of nitrogens with zero attached hydrogens (tertiary/aromatic N) is 4. The second-order valence-corrected chi connectivity index (χ2v) is 7.00. The number of nitrogens with one attached hydrogen (secondary N) is 1. The number of ether oxygens (including phenoxy) is 1. The van der Waals surface area contributed by atoms with Crippen LogP contribution in [-0.2, 0) is 11.3 Å². The molecule has 0 aliphatic carbocycles. The lowest BCUT2D eigenvalue weighted by Gasteiger charge is -2.24. The first-order valence-electron chi connectivity index (χ1n) is 8.90. The van der Waals surface area contributed by atoms with Crippen LogP contribution in [0.3, 0.4) is 0 Å². The molecule has 2 aromatic rings. The molecule has 3 heterocycles. The summed E-state index contributed by atoms with van der Waals surface area (Å²) in [5, 5.41) is 7.93. The first kappa shape index (κ1) is 19.2. The zero-order valence-electron chi connectivity index (χ0n) is 15.1. The molecule has 6 nitrogen and oxygen atoms in total. The molecule has 2 aliphatic rings. The Morgan fingerprint density at radius 3 is 2.88 bits per heavy atom. The van der Waals surface area contributed by atoms with Crippen molar-refractivity contribution in [2.45, 2.75) is 19.4 Å². The molecule has 7 heteroatoms. The predicted octanol–water partition coefficient (Wildman–Crippen LogP) is 2.68. The minimum absolute atomic E-state index is 0. The fourth-order valence-electron chi connectivity index (χ4n) is 3.77. The third-order valence-electron chi connectivity index (χ3n) is 5.24. The number of para-hydroxylation sites is 1. The molecule has 2 saturated heterocycles. The number of hydrogen-bond acceptors (Lipinski definition) is 3. The van der Waals surface area contributed by atoms with Gasteiger partial charge in [-0.25, -0.2) is 4.68 Å². The van der Waals surface area contributed by atoms with Gasteiger partial charge in [-0.05, 0) is 25.0 Å². The van der Waals surface area contributed by atoms with E-state index in [0.717, 1.165) is 50.1 Å². The van der Waals surface area contributed by atoms with Gasteiger partial charge >= 0.3 is 0 Å². The number of aromatic nitrogens is 2. The van der Waals surface area contributed by atoms with Crippen molar-refractivity contribution in [1.82, 2.24) is 20.0 Å². The number of aliphatic imine (C=N–C) groups is 1. The Labute approximate surface area is 171 Å². The van der Waals surface area contributed by atoms with Crippen molar-refractivity contribution in [3.8, 4) is 5.69 Å². The molecule has 0 amide bonds. The predicted molar refractivity (Wildman–Crippen MR) is 113 cm³/mol. The minimum atomic E-state index is 0. The van der Waals surface area contributed by atoms with Crippen LogP contribution in [0.5, 0.6) is 0 Å². The maximum absolute atomic E-state index is 5.62. The van der Waals surface area contributed by atoms with Crippen molar-refractivity contribution in [1.29, 1.82) is 0 Å².